The fourth-order valence-corrected chi connectivity index (χ4v) is 3.07. The molecule has 0 aliphatic heterocycles. The normalized spacial score (nSPS) is 12.3. The van der Waals surface area contributed by atoms with E-state index >= 15 is 0 Å². The van der Waals surface area contributed by atoms with Gasteiger partial charge in [-0.25, -0.2) is 0 Å². The van der Waals surface area contributed by atoms with Gasteiger partial charge in [0.1, 0.15) is 0 Å². The van der Waals surface area contributed by atoms with Crippen LogP contribution in [0.15, 0.2) is 53.0 Å². The van der Waals surface area contributed by atoms with Gasteiger partial charge in [0.15, 0.2) is 0 Å². The molecule has 0 heterocycles. The van der Waals surface area contributed by atoms with Crippen molar-refractivity contribution < 1.29 is 0 Å². The molecule has 0 spiro atoms. The van der Waals surface area contributed by atoms with E-state index in [9.17, 15) is 0 Å². The Bertz CT molecular complexity index is 553. The molecule has 0 bridgehead atoms. The van der Waals surface area contributed by atoms with Gasteiger partial charge >= 0.3 is 0 Å². The van der Waals surface area contributed by atoms with Crippen molar-refractivity contribution in [2.45, 2.75) is 19.8 Å². The minimum atomic E-state index is 0.574. The van der Waals surface area contributed by atoms with Gasteiger partial charge in [0, 0.05) is 9.50 Å². The quantitative estimate of drug-likeness (QED) is 0.717. The van der Waals surface area contributed by atoms with Crippen LogP contribution in [0, 0.1) is 5.92 Å². The molecule has 1 N–H and O–H groups in total. The standard InChI is InChI=1S/C18H21BrClN/c1-2-21-13-15(11-14-7-9-17(20)10-8-14)12-16-5-3-4-6-18(16)19/h3-10,15,21H,2,11-13H2,1H3. The van der Waals surface area contributed by atoms with Crippen molar-refractivity contribution in [1.82, 2.24) is 5.32 Å². The SMILES string of the molecule is CCNCC(Cc1ccc(Cl)cc1)Cc1ccccc1Br. The molecule has 112 valence electrons. The van der Waals surface area contributed by atoms with Crippen LogP contribution in [0.2, 0.25) is 5.02 Å². The summed E-state index contributed by atoms with van der Waals surface area (Å²) in [5, 5.41) is 4.28. The monoisotopic (exact) mass is 365 g/mol. The summed E-state index contributed by atoms with van der Waals surface area (Å²) in [7, 11) is 0. The van der Waals surface area contributed by atoms with Gasteiger partial charge in [0.2, 0.25) is 0 Å². The van der Waals surface area contributed by atoms with Gasteiger partial charge in [-0.05, 0) is 61.2 Å². The molecule has 2 aromatic carbocycles. The first-order valence-electron chi connectivity index (χ1n) is 7.37. The number of benzene rings is 2. The van der Waals surface area contributed by atoms with Gasteiger partial charge < -0.3 is 5.32 Å². The molecular weight excluding hydrogens is 346 g/mol. The van der Waals surface area contributed by atoms with Crippen molar-refractivity contribution in [3.05, 3.63) is 69.2 Å². The maximum atomic E-state index is 5.96. The second-order valence-corrected chi connectivity index (χ2v) is 6.59. The van der Waals surface area contributed by atoms with Gasteiger partial charge in [-0.3, -0.25) is 0 Å². The molecule has 0 amide bonds. The summed E-state index contributed by atoms with van der Waals surface area (Å²) in [4.78, 5) is 0. The van der Waals surface area contributed by atoms with E-state index in [1.807, 2.05) is 12.1 Å². The van der Waals surface area contributed by atoms with Crippen LogP contribution >= 0.6 is 27.5 Å². The van der Waals surface area contributed by atoms with Gasteiger partial charge in [-0.1, -0.05) is 64.8 Å². The summed E-state index contributed by atoms with van der Waals surface area (Å²) in [5.74, 6) is 0.574. The Hall–Kier alpha value is -0.830. The highest BCUT2D eigenvalue weighted by molar-refractivity contribution is 9.10. The zero-order valence-electron chi connectivity index (χ0n) is 12.3. The van der Waals surface area contributed by atoms with Crippen molar-refractivity contribution in [2.75, 3.05) is 13.1 Å². The lowest BCUT2D eigenvalue weighted by Crippen LogP contribution is -2.25. The van der Waals surface area contributed by atoms with Gasteiger partial charge in [-0.2, -0.15) is 0 Å². The molecule has 1 unspecified atom stereocenters. The molecule has 0 fully saturated rings. The van der Waals surface area contributed by atoms with Crippen molar-refractivity contribution >= 4 is 27.5 Å². The molecule has 0 saturated heterocycles. The van der Waals surface area contributed by atoms with Crippen LogP contribution in [0.25, 0.3) is 0 Å². The number of hydrogen-bond donors (Lipinski definition) is 1. The highest BCUT2D eigenvalue weighted by Gasteiger charge is 2.12. The Morgan fingerprint density at radius 2 is 1.76 bits per heavy atom. The van der Waals surface area contributed by atoms with Gasteiger partial charge in [-0.15, -0.1) is 0 Å². The Morgan fingerprint density at radius 3 is 2.43 bits per heavy atom. The smallest absolute Gasteiger partial charge is 0.0406 e. The summed E-state index contributed by atoms with van der Waals surface area (Å²) >= 11 is 9.61. The summed E-state index contributed by atoms with van der Waals surface area (Å²) in [6.07, 6.45) is 2.13. The van der Waals surface area contributed by atoms with Crippen LogP contribution < -0.4 is 5.32 Å². The van der Waals surface area contributed by atoms with Crippen LogP contribution in [-0.4, -0.2) is 13.1 Å². The molecule has 0 aliphatic rings. The Kier molecular flexibility index (Phi) is 6.75. The first kappa shape index (κ1) is 16.5. The first-order valence-corrected chi connectivity index (χ1v) is 8.54. The molecule has 1 nitrogen and oxygen atoms in total. The lowest BCUT2D eigenvalue weighted by Gasteiger charge is -2.18. The van der Waals surface area contributed by atoms with E-state index < -0.39 is 0 Å². The number of hydrogen-bond acceptors (Lipinski definition) is 1. The highest BCUT2D eigenvalue weighted by Crippen LogP contribution is 2.22. The van der Waals surface area contributed by atoms with Crippen molar-refractivity contribution in [3.63, 3.8) is 0 Å². The van der Waals surface area contributed by atoms with Crippen LogP contribution in [0.4, 0.5) is 0 Å². The van der Waals surface area contributed by atoms with E-state index in [0.29, 0.717) is 5.92 Å². The van der Waals surface area contributed by atoms with E-state index in [1.54, 1.807) is 0 Å². The van der Waals surface area contributed by atoms with E-state index in [0.717, 1.165) is 31.0 Å². The maximum Gasteiger partial charge on any atom is 0.0406 e. The van der Waals surface area contributed by atoms with Crippen molar-refractivity contribution in [2.24, 2.45) is 5.92 Å². The van der Waals surface area contributed by atoms with Crippen LogP contribution in [0.3, 0.4) is 0 Å². The fourth-order valence-electron chi connectivity index (χ4n) is 2.49. The molecule has 0 saturated carbocycles. The lowest BCUT2D eigenvalue weighted by atomic mass is 9.92. The van der Waals surface area contributed by atoms with Crippen LogP contribution in [-0.2, 0) is 12.8 Å². The Balaban J connectivity index is 2.07. The second kappa shape index (κ2) is 8.57. The third-order valence-corrected chi connectivity index (χ3v) is 4.61. The third kappa shape index (κ3) is 5.46. The average molecular weight is 367 g/mol. The molecule has 3 heteroatoms. The maximum absolute atomic E-state index is 5.96. The Labute approximate surface area is 140 Å². The van der Waals surface area contributed by atoms with Gasteiger partial charge in [0.05, 0.1) is 0 Å². The Morgan fingerprint density at radius 1 is 1.05 bits per heavy atom. The van der Waals surface area contributed by atoms with E-state index in [2.05, 4.69) is 64.6 Å². The predicted molar refractivity (Wildman–Crippen MR) is 95.0 cm³/mol. The average Bonchev–Trinajstić information content (AvgIpc) is 2.49. The minimum Gasteiger partial charge on any atom is -0.317 e. The van der Waals surface area contributed by atoms with E-state index in [4.69, 9.17) is 11.6 Å². The molecule has 2 aromatic rings. The van der Waals surface area contributed by atoms with Crippen LogP contribution in [0.5, 0.6) is 0 Å². The zero-order valence-corrected chi connectivity index (χ0v) is 14.6. The van der Waals surface area contributed by atoms with Gasteiger partial charge in [0.25, 0.3) is 0 Å². The summed E-state index contributed by atoms with van der Waals surface area (Å²) < 4.78 is 1.20. The predicted octanol–water partition coefficient (Wildman–Crippen LogP) is 5.11. The molecule has 1 atom stereocenters. The van der Waals surface area contributed by atoms with E-state index in [1.165, 1.54) is 15.6 Å². The van der Waals surface area contributed by atoms with Crippen molar-refractivity contribution in [1.29, 1.82) is 0 Å². The molecule has 2 rings (SSSR count). The fraction of sp³-hybridized carbons (Fsp3) is 0.333. The molecule has 0 aliphatic carbocycles. The number of nitrogens with one attached hydrogen (secondary N) is 1. The van der Waals surface area contributed by atoms with E-state index in [-0.39, 0.29) is 0 Å². The number of rotatable bonds is 7. The lowest BCUT2D eigenvalue weighted by molar-refractivity contribution is 0.477. The summed E-state index contributed by atoms with van der Waals surface area (Å²) in [6.45, 7) is 4.19. The molecular formula is C18H21BrClN. The summed E-state index contributed by atoms with van der Waals surface area (Å²) in [6, 6.07) is 16.7. The molecule has 0 radical (unpaired) electrons. The third-order valence-electron chi connectivity index (χ3n) is 3.59. The molecule has 21 heavy (non-hydrogen) atoms. The summed E-state index contributed by atoms with van der Waals surface area (Å²) in [5.41, 5.74) is 2.71. The van der Waals surface area contributed by atoms with Crippen LogP contribution in [0.1, 0.15) is 18.1 Å². The largest absolute Gasteiger partial charge is 0.317 e. The van der Waals surface area contributed by atoms with Crippen molar-refractivity contribution in [3.8, 4) is 0 Å². The second-order valence-electron chi connectivity index (χ2n) is 5.30. The number of halogens is 2. The molecule has 0 aromatic heterocycles. The zero-order chi connectivity index (χ0) is 15.1. The topological polar surface area (TPSA) is 12.0 Å². The highest BCUT2D eigenvalue weighted by atomic mass is 79.9. The minimum absolute atomic E-state index is 0.574. The first-order chi connectivity index (χ1) is 10.2.